The van der Waals surface area contributed by atoms with Gasteiger partial charge in [-0.1, -0.05) is 30.3 Å². The van der Waals surface area contributed by atoms with Gasteiger partial charge in [-0.05, 0) is 63.3 Å². The molecule has 4 heterocycles. The number of aryl methyl sites for hydroxylation is 3. The predicted molar refractivity (Wildman–Crippen MR) is 146 cm³/mol. The Morgan fingerprint density at radius 3 is 2.57 bits per heavy atom. The van der Waals surface area contributed by atoms with Crippen LogP contribution in [0.4, 0.5) is 5.82 Å². The van der Waals surface area contributed by atoms with E-state index in [1.165, 1.54) is 5.56 Å². The average Bonchev–Trinajstić information content (AvgIpc) is 3.66. The van der Waals surface area contributed by atoms with Crippen LogP contribution in [0.5, 0.6) is 0 Å². The molecule has 0 unspecified atom stereocenters. The Kier molecular flexibility index (Phi) is 4.80. The van der Waals surface area contributed by atoms with Gasteiger partial charge in [0.15, 0.2) is 0 Å². The van der Waals surface area contributed by atoms with Crippen LogP contribution in [0.1, 0.15) is 31.0 Å². The Morgan fingerprint density at radius 1 is 1.00 bits per heavy atom. The minimum atomic E-state index is 0.227. The third-order valence-electron chi connectivity index (χ3n) is 8.64. The van der Waals surface area contributed by atoms with Crippen LogP contribution in [-0.4, -0.2) is 42.9 Å². The molecule has 186 valence electrons. The molecule has 1 aliphatic heterocycles. The molecule has 1 saturated carbocycles. The normalized spacial score (nSPS) is 21.0. The summed E-state index contributed by atoms with van der Waals surface area (Å²) in [6.45, 7) is 6.90. The standard InChI is InChI=1S/C30H30N6O/c1-17-7-5-9-24-29(23-8-6-10-26-28(23)18(2)34(4)32-26)33-36(30(17)24)21-11-12-27(31-15-21)35-16-20-13-22(35)14-25(20)19(3)37/h5-12,15,20,22,25H,13-14,16H2,1-4H3/t20-,22-,25-/m1/s1. The molecule has 2 fully saturated rings. The molecular formula is C30H30N6O. The van der Waals surface area contributed by atoms with E-state index in [1.54, 1.807) is 6.92 Å². The van der Waals surface area contributed by atoms with Crippen molar-refractivity contribution < 1.29 is 4.79 Å². The van der Waals surface area contributed by atoms with E-state index in [0.717, 1.165) is 69.6 Å². The number of aromatic nitrogens is 5. The van der Waals surface area contributed by atoms with E-state index in [0.29, 0.717) is 17.7 Å². The summed E-state index contributed by atoms with van der Waals surface area (Å²) in [5.74, 6) is 2.01. The van der Waals surface area contributed by atoms with Gasteiger partial charge < -0.3 is 4.90 Å². The van der Waals surface area contributed by atoms with Crippen LogP contribution in [0.3, 0.4) is 0 Å². The van der Waals surface area contributed by atoms with E-state index in [2.05, 4.69) is 72.4 Å². The number of carbonyl (C=O) groups excluding carboxylic acids is 1. The number of hydrogen-bond acceptors (Lipinski definition) is 5. The van der Waals surface area contributed by atoms with Gasteiger partial charge in [0.1, 0.15) is 17.3 Å². The number of carbonyl (C=O) groups is 1. The Morgan fingerprint density at radius 2 is 1.84 bits per heavy atom. The largest absolute Gasteiger partial charge is 0.353 e. The van der Waals surface area contributed by atoms with Crippen LogP contribution in [0.25, 0.3) is 38.8 Å². The number of anilines is 1. The molecule has 7 nitrogen and oxygen atoms in total. The highest BCUT2D eigenvalue weighted by Gasteiger charge is 2.46. The number of Topliss-reactive ketones (excluding diaryl/α,β-unsaturated/α-hetero) is 1. The molecule has 0 radical (unpaired) electrons. The number of benzene rings is 2. The molecular weight excluding hydrogens is 460 g/mol. The first kappa shape index (κ1) is 22.2. The minimum absolute atomic E-state index is 0.227. The lowest BCUT2D eigenvalue weighted by atomic mass is 9.91. The number of rotatable bonds is 4. The highest BCUT2D eigenvalue weighted by Crippen LogP contribution is 2.44. The van der Waals surface area contributed by atoms with Gasteiger partial charge in [-0.3, -0.25) is 9.48 Å². The second-order valence-corrected chi connectivity index (χ2v) is 10.8. The number of nitrogens with zero attached hydrogens (tertiary/aromatic N) is 6. The number of hydrogen-bond donors (Lipinski definition) is 0. The van der Waals surface area contributed by atoms with Crippen molar-refractivity contribution in [2.45, 2.75) is 39.7 Å². The van der Waals surface area contributed by atoms with Gasteiger partial charge in [0, 0.05) is 47.6 Å². The van der Waals surface area contributed by atoms with Crippen LogP contribution in [0, 0.1) is 25.7 Å². The summed E-state index contributed by atoms with van der Waals surface area (Å²) in [6.07, 6.45) is 3.98. The van der Waals surface area contributed by atoms with Crippen LogP contribution in [-0.2, 0) is 11.8 Å². The van der Waals surface area contributed by atoms with E-state index < -0.39 is 0 Å². The molecule has 2 bridgehead atoms. The Hall–Kier alpha value is -4.00. The highest BCUT2D eigenvalue weighted by atomic mass is 16.1. The number of ketones is 1. The van der Waals surface area contributed by atoms with Gasteiger partial charge in [-0.15, -0.1) is 0 Å². The van der Waals surface area contributed by atoms with Gasteiger partial charge >= 0.3 is 0 Å². The quantitative estimate of drug-likeness (QED) is 0.338. The molecule has 1 saturated heterocycles. The van der Waals surface area contributed by atoms with Crippen molar-refractivity contribution in [3.63, 3.8) is 0 Å². The SMILES string of the molecule is CC(=O)[C@H]1C[C@H]2C[C@@H]1CN2c1ccc(-n2nc(-c3cccc4nn(C)c(C)c34)c3cccc(C)c32)cn1. The van der Waals surface area contributed by atoms with Crippen LogP contribution in [0.15, 0.2) is 54.7 Å². The van der Waals surface area contributed by atoms with Gasteiger partial charge in [0.25, 0.3) is 0 Å². The summed E-state index contributed by atoms with van der Waals surface area (Å²) < 4.78 is 3.97. The van der Waals surface area contributed by atoms with E-state index in [1.807, 2.05) is 22.6 Å². The summed E-state index contributed by atoms with van der Waals surface area (Å²) in [4.78, 5) is 19.2. The molecule has 2 aromatic carbocycles. The summed E-state index contributed by atoms with van der Waals surface area (Å²) in [5, 5.41) is 12.1. The maximum Gasteiger partial charge on any atom is 0.133 e. The van der Waals surface area contributed by atoms with Gasteiger partial charge in [0.2, 0.25) is 0 Å². The van der Waals surface area contributed by atoms with Gasteiger partial charge in [-0.25, -0.2) is 9.67 Å². The fourth-order valence-corrected chi connectivity index (χ4v) is 6.73. The maximum absolute atomic E-state index is 12.0. The monoisotopic (exact) mass is 490 g/mol. The van der Waals surface area contributed by atoms with E-state index in [-0.39, 0.29) is 5.92 Å². The lowest BCUT2D eigenvalue weighted by Crippen LogP contribution is -2.37. The van der Waals surface area contributed by atoms with Crippen molar-refractivity contribution >= 4 is 33.4 Å². The number of para-hydroxylation sites is 1. The number of piperidine rings is 1. The number of fused-ring (bicyclic) bond motifs is 4. The predicted octanol–water partition coefficient (Wildman–Crippen LogP) is 5.39. The second kappa shape index (κ2) is 8.00. The summed E-state index contributed by atoms with van der Waals surface area (Å²) in [7, 11) is 1.99. The molecule has 5 aromatic rings. The summed E-state index contributed by atoms with van der Waals surface area (Å²) >= 11 is 0. The van der Waals surface area contributed by atoms with Crippen molar-refractivity contribution in [3.8, 4) is 16.9 Å². The van der Waals surface area contributed by atoms with E-state index in [4.69, 9.17) is 10.1 Å². The van der Waals surface area contributed by atoms with Crippen molar-refractivity contribution in [3.05, 3.63) is 66.0 Å². The van der Waals surface area contributed by atoms with Crippen molar-refractivity contribution in [1.29, 1.82) is 0 Å². The first-order valence-corrected chi connectivity index (χ1v) is 13.0. The first-order chi connectivity index (χ1) is 17.9. The van der Waals surface area contributed by atoms with Gasteiger partial charge in [0.05, 0.1) is 22.9 Å². The van der Waals surface area contributed by atoms with Crippen molar-refractivity contribution in [2.24, 2.45) is 18.9 Å². The van der Waals surface area contributed by atoms with Crippen molar-refractivity contribution in [2.75, 3.05) is 11.4 Å². The zero-order valence-corrected chi connectivity index (χ0v) is 21.6. The smallest absolute Gasteiger partial charge is 0.133 e. The van der Waals surface area contributed by atoms with Crippen LogP contribution < -0.4 is 4.90 Å². The number of pyridine rings is 1. The molecule has 7 heteroatoms. The molecule has 3 atom stereocenters. The first-order valence-electron chi connectivity index (χ1n) is 13.0. The average molecular weight is 491 g/mol. The maximum atomic E-state index is 12.0. The molecule has 7 rings (SSSR count). The fraction of sp³-hybridized carbons (Fsp3) is 0.333. The molecule has 37 heavy (non-hydrogen) atoms. The van der Waals surface area contributed by atoms with E-state index >= 15 is 0 Å². The molecule has 2 aliphatic rings. The lowest BCUT2D eigenvalue weighted by molar-refractivity contribution is -0.121. The Bertz CT molecular complexity index is 1700. The van der Waals surface area contributed by atoms with E-state index in [9.17, 15) is 4.79 Å². The molecule has 0 spiro atoms. The van der Waals surface area contributed by atoms with Crippen molar-refractivity contribution in [1.82, 2.24) is 24.5 Å². The third kappa shape index (κ3) is 3.26. The lowest BCUT2D eigenvalue weighted by Gasteiger charge is -2.31. The Labute approximate surface area is 215 Å². The molecule has 1 aliphatic carbocycles. The Balaban J connectivity index is 1.31. The molecule has 3 aromatic heterocycles. The molecule has 0 N–H and O–H groups in total. The summed E-state index contributed by atoms with van der Waals surface area (Å²) in [6, 6.07) is 17.3. The zero-order valence-electron chi connectivity index (χ0n) is 21.6. The van der Waals surface area contributed by atoms with Crippen LogP contribution >= 0.6 is 0 Å². The highest BCUT2D eigenvalue weighted by molar-refractivity contribution is 6.04. The summed E-state index contributed by atoms with van der Waals surface area (Å²) in [5.41, 5.74) is 7.35. The molecule has 0 amide bonds. The third-order valence-corrected chi connectivity index (χ3v) is 8.64. The van der Waals surface area contributed by atoms with Crippen LogP contribution in [0.2, 0.25) is 0 Å². The second-order valence-electron chi connectivity index (χ2n) is 10.8. The fourth-order valence-electron chi connectivity index (χ4n) is 6.73. The minimum Gasteiger partial charge on any atom is -0.353 e. The van der Waals surface area contributed by atoms with Gasteiger partial charge in [-0.2, -0.15) is 10.2 Å². The zero-order chi connectivity index (χ0) is 25.4. The topological polar surface area (TPSA) is 68.8 Å².